The van der Waals surface area contributed by atoms with Gasteiger partial charge in [-0.3, -0.25) is 0 Å². The molecule has 1 aromatic rings. The van der Waals surface area contributed by atoms with Gasteiger partial charge < -0.3 is 25.5 Å². The highest BCUT2D eigenvalue weighted by Gasteiger charge is 2.50. The minimum absolute atomic E-state index is 0.0845. The number of nitrogens with zero attached hydrogens (tertiary/aromatic N) is 2. The van der Waals surface area contributed by atoms with Gasteiger partial charge >= 0.3 is 12.1 Å². The number of carbonyl (C=O) groups is 2. The van der Waals surface area contributed by atoms with Crippen LogP contribution in [0.3, 0.4) is 0 Å². The third-order valence-electron chi connectivity index (χ3n) is 4.66. The molecule has 0 unspecified atom stereocenters. The lowest BCUT2D eigenvalue weighted by Gasteiger charge is -2.52. The number of urea groups is 2. The zero-order chi connectivity index (χ0) is 16.0. The van der Waals surface area contributed by atoms with Gasteiger partial charge in [0.2, 0.25) is 0 Å². The Kier molecular flexibility index (Phi) is 3.35. The topological polar surface area (TPSA) is 84.9 Å². The molecule has 2 heterocycles. The van der Waals surface area contributed by atoms with E-state index in [4.69, 9.17) is 0 Å². The van der Waals surface area contributed by atoms with Crippen molar-refractivity contribution in [3.63, 3.8) is 0 Å². The van der Waals surface area contributed by atoms with Gasteiger partial charge in [0.15, 0.2) is 0 Å². The van der Waals surface area contributed by atoms with E-state index in [0.29, 0.717) is 5.56 Å². The van der Waals surface area contributed by atoms with Crippen molar-refractivity contribution in [1.82, 2.24) is 20.4 Å². The SMILES string of the molecule is C[C@H]1NC(=O)N(C)[C@H]2NC(=O)N(C)[C@@H](c3ccccc3O)[C@H]12. The second kappa shape index (κ2) is 5.08. The highest BCUT2D eigenvalue weighted by Crippen LogP contribution is 2.41. The second-order valence-electron chi connectivity index (χ2n) is 5.94. The standard InChI is InChI=1S/C15H20N4O3/c1-8-11-12(9-6-4-5-7-10(9)20)18(2)15(22)17-13(11)19(3)14(21)16-8/h4-8,11-13,20H,1-3H3,(H,16,21)(H,17,22)/t8-,11+,12+,13-/m1/s1. The summed E-state index contributed by atoms with van der Waals surface area (Å²) in [6.07, 6.45) is -0.406. The van der Waals surface area contributed by atoms with Crippen LogP contribution in [0, 0.1) is 5.92 Å². The summed E-state index contributed by atoms with van der Waals surface area (Å²) in [5.74, 6) is 0.0678. The van der Waals surface area contributed by atoms with E-state index in [0.717, 1.165) is 0 Å². The molecule has 2 saturated heterocycles. The fourth-order valence-corrected chi connectivity index (χ4v) is 3.46. The van der Waals surface area contributed by atoms with E-state index in [-0.39, 0.29) is 35.8 Å². The molecule has 2 fully saturated rings. The number of rotatable bonds is 1. The van der Waals surface area contributed by atoms with Crippen LogP contribution in [0.2, 0.25) is 0 Å². The summed E-state index contributed by atoms with van der Waals surface area (Å²) in [5, 5.41) is 16.0. The molecule has 0 aromatic heterocycles. The third-order valence-corrected chi connectivity index (χ3v) is 4.66. The van der Waals surface area contributed by atoms with Gasteiger partial charge in [-0.15, -0.1) is 0 Å². The molecule has 0 bridgehead atoms. The van der Waals surface area contributed by atoms with Crippen molar-refractivity contribution in [2.24, 2.45) is 5.92 Å². The van der Waals surface area contributed by atoms with Crippen molar-refractivity contribution < 1.29 is 14.7 Å². The summed E-state index contributed by atoms with van der Waals surface area (Å²) < 4.78 is 0. The van der Waals surface area contributed by atoms with E-state index in [1.165, 1.54) is 4.90 Å². The summed E-state index contributed by atoms with van der Waals surface area (Å²) in [6.45, 7) is 1.92. The Labute approximate surface area is 128 Å². The smallest absolute Gasteiger partial charge is 0.319 e. The molecule has 4 amide bonds. The summed E-state index contributed by atoms with van der Waals surface area (Å²) in [4.78, 5) is 27.3. The summed E-state index contributed by atoms with van der Waals surface area (Å²) in [6, 6.07) is 6.07. The van der Waals surface area contributed by atoms with Gasteiger partial charge in [-0.25, -0.2) is 9.59 Å². The van der Waals surface area contributed by atoms with Crippen molar-refractivity contribution in [2.75, 3.05) is 14.1 Å². The van der Waals surface area contributed by atoms with Gasteiger partial charge in [-0.1, -0.05) is 18.2 Å². The van der Waals surface area contributed by atoms with E-state index in [1.54, 1.807) is 31.1 Å². The molecular weight excluding hydrogens is 284 g/mol. The number of phenols is 1. The number of amides is 4. The number of phenolic OH excluding ortho intramolecular Hbond substituents is 1. The molecule has 0 spiro atoms. The second-order valence-corrected chi connectivity index (χ2v) is 5.94. The lowest BCUT2D eigenvalue weighted by molar-refractivity contribution is 0.0241. The van der Waals surface area contributed by atoms with E-state index >= 15 is 0 Å². The fraction of sp³-hybridized carbons (Fsp3) is 0.467. The molecule has 7 nitrogen and oxygen atoms in total. The molecule has 2 aliphatic rings. The molecule has 0 saturated carbocycles. The number of nitrogens with one attached hydrogen (secondary N) is 2. The van der Waals surface area contributed by atoms with Crippen molar-refractivity contribution >= 4 is 12.1 Å². The number of para-hydroxylation sites is 1. The summed E-state index contributed by atoms with van der Waals surface area (Å²) in [5.41, 5.74) is 0.686. The van der Waals surface area contributed by atoms with Crippen LogP contribution in [0.25, 0.3) is 0 Å². The number of carbonyl (C=O) groups excluding carboxylic acids is 2. The van der Waals surface area contributed by atoms with Crippen LogP contribution in [-0.2, 0) is 0 Å². The largest absolute Gasteiger partial charge is 0.508 e. The fourth-order valence-electron chi connectivity index (χ4n) is 3.46. The Hall–Kier alpha value is -2.44. The van der Waals surface area contributed by atoms with Crippen LogP contribution in [0.5, 0.6) is 5.75 Å². The Morgan fingerprint density at radius 1 is 1.05 bits per heavy atom. The van der Waals surface area contributed by atoms with Crippen LogP contribution >= 0.6 is 0 Å². The number of benzene rings is 1. The van der Waals surface area contributed by atoms with E-state index in [1.807, 2.05) is 19.1 Å². The normalized spacial score (nSPS) is 31.4. The maximum atomic E-state index is 12.3. The molecule has 2 aliphatic heterocycles. The highest BCUT2D eigenvalue weighted by molar-refractivity contribution is 5.80. The molecule has 118 valence electrons. The first-order valence-corrected chi connectivity index (χ1v) is 7.26. The number of aromatic hydroxyl groups is 1. The summed E-state index contributed by atoms with van der Waals surface area (Å²) >= 11 is 0. The predicted molar refractivity (Wildman–Crippen MR) is 80.2 cm³/mol. The van der Waals surface area contributed by atoms with Gasteiger partial charge in [0.05, 0.1) is 6.04 Å². The predicted octanol–water partition coefficient (Wildman–Crippen LogP) is 1.07. The number of hydrogen-bond donors (Lipinski definition) is 3. The molecule has 3 N–H and O–H groups in total. The molecule has 1 aromatic carbocycles. The molecule has 4 atom stereocenters. The highest BCUT2D eigenvalue weighted by atomic mass is 16.3. The van der Waals surface area contributed by atoms with Gasteiger partial charge in [-0.2, -0.15) is 0 Å². The number of fused-ring (bicyclic) bond motifs is 1. The lowest BCUT2D eigenvalue weighted by atomic mass is 9.81. The van der Waals surface area contributed by atoms with Crippen LogP contribution in [0.4, 0.5) is 9.59 Å². The van der Waals surface area contributed by atoms with E-state index < -0.39 is 6.17 Å². The molecule has 0 radical (unpaired) electrons. The van der Waals surface area contributed by atoms with Gasteiger partial charge in [0.1, 0.15) is 11.9 Å². The van der Waals surface area contributed by atoms with E-state index in [2.05, 4.69) is 10.6 Å². The average molecular weight is 304 g/mol. The van der Waals surface area contributed by atoms with Crippen LogP contribution in [0.15, 0.2) is 24.3 Å². The minimum Gasteiger partial charge on any atom is -0.508 e. The third kappa shape index (κ3) is 2.04. The molecule has 3 rings (SSSR count). The summed E-state index contributed by atoms with van der Waals surface area (Å²) in [7, 11) is 3.36. The quantitative estimate of drug-likeness (QED) is 0.725. The molecule has 7 heteroatoms. The van der Waals surface area contributed by atoms with Crippen molar-refractivity contribution in [3.8, 4) is 5.75 Å². The monoisotopic (exact) mass is 304 g/mol. The zero-order valence-electron chi connectivity index (χ0n) is 12.8. The number of hydrogen-bond acceptors (Lipinski definition) is 3. The first-order valence-electron chi connectivity index (χ1n) is 7.26. The van der Waals surface area contributed by atoms with Crippen LogP contribution in [0.1, 0.15) is 18.5 Å². The Morgan fingerprint density at radius 2 is 1.68 bits per heavy atom. The minimum atomic E-state index is -0.406. The van der Waals surface area contributed by atoms with Crippen LogP contribution in [-0.4, -0.2) is 53.3 Å². The first kappa shape index (κ1) is 14.5. The first-order chi connectivity index (χ1) is 10.4. The van der Waals surface area contributed by atoms with Crippen molar-refractivity contribution in [1.29, 1.82) is 0 Å². The van der Waals surface area contributed by atoms with E-state index in [9.17, 15) is 14.7 Å². The van der Waals surface area contributed by atoms with Crippen molar-refractivity contribution in [2.45, 2.75) is 25.2 Å². The Balaban J connectivity index is 2.08. The molecular formula is C15H20N4O3. The van der Waals surface area contributed by atoms with Crippen LogP contribution < -0.4 is 10.6 Å². The van der Waals surface area contributed by atoms with Gasteiger partial charge in [0.25, 0.3) is 0 Å². The lowest BCUT2D eigenvalue weighted by Crippen LogP contribution is -2.71. The Morgan fingerprint density at radius 3 is 2.36 bits per heavy atom. The molecule has 22 heavy (non-hydrogen) atoms. The average Bonchev–Trinajstić information content (AvgIpc) is 2.48. The van der Waals surface area contributed by atoms with Gasteiger partial charge in [0, 0.05) is 31.6 Å². The van der Waals surface area contributed by atoms with Crippen molar-refractivity contribution in [3.05, 3.63) is 29.8 Å². The maximum Gasteiger partial charge on any atom is 0.319 e. The molecule has 0 aliphatic carbocycles. The zero-order valence-corrected chi connectivity index (χ0v) is 12.8. The Bertz CT molecular complexity index is 621. The van der Waals surface area contributed by atoms with Gasteiger partial charge in [-0.05, 0) is 13.0 Å². The maximum absolute atomic E-state index is 12.3.